The zero-order valence-electron chi connectivity index (χ0n) is 18.2. The Balaban J connectivity index is 0.00000204. The molecule has 0 spiro atoms. The molecule has 29 heavy (non-hydrogen) atoms. The van der Waals surface area contributed by atoms with Gasteiger partial charge in [0.15, 0.2) is 0 Å². The van der Waals surface area contributed by atoms with Crippen molar-refractivity contribution in [2.24, 2.45) is 4.99 Å². The van der Waals surface area contributed by atoms with Gasteiger partial charge in [-0.2, -0.15) is 0 Å². The van der Waals surface area contributed by atoms with Crippen LogP contribution in [0.1, 0.15) is 57.2 Å². The Morgan fingerprint density at radius 3 is 2.66 bits per heavy atom. The third kappa shape index (κ3) is 9.23. The van der Waals surface area contributed by atoms with Gasteiger partial charge in [-0.3, -0.25) is 4.99 Å². The fraction of sp³-hybridized carbons (Fsp3) is 0.360. The zero-order chi connectivity index (χ0) is 21.6. The standard InChI is InChI=1S/C23H27N3O.C2H6/c1-4-21(27)12-9-19-10-13-22(17(2)15-19)26-18(3)7-5-6-8-20-11-14-23(24)25-16-20;1-2/h5,7,10-11,13-16,21,27H,4,9,12H2,1-3H3,(H2,24,25);1-2H3/b7-5+,26-18?;. The van der Waals surface area contributed by atoms with Crippen LogP contribution in [0.5, 0.6) is 0 Å². The summed E-state index contributed by atoms with van der Waals surface area (Å²) in [6, 6.07) is 9.83. The normalized spacial score (nSPS) is 12.0. The Bertz CT molecular complexity index is 871. The highest BCUT2D eigenvalue weighted by atomic mass is 16.3. The Morgan fingerprint density at radius 1 is 1.28 bits per heavy atom. The second-order valence-electron chi connectivity index (χ2n) is 6.55. The number of aliphatic hydroxyl groups excluding tert-OH is 1. The summed E-state index contributed by atoms with van der Waals surface area (Å²) in [4.78, 5) is 8.66. The van der Waals surface area contributed by atoms with Crippen molar-refractivity contribution in [1.29, 1.82) is 0 Å². The van der Waals surface area contributed by atoms with Gasteiger partial charge in [-0.05, 0) is 74.6 Å². The first-order valence-corrected chi connectivity index (χ1v) is 10.2. The van der Waals surface area contributed by atoms with E-state index in [0.29, 0.717) is 5.82 Å². The molecule has 0 amide bonds. The van der Waals surface area contributed by atoms with Crippen LogP contribution in [0.2, 0.25) is 0 Å². The van der Waals surface area contributed by atoms with Crippen molar-refractivity contribution < 1.29 is 5.11 Å². The minimum Gasteiger partial charge on any atom is -0.393 e. The maximum atomic E-state index is 9.70. The number of aliphatic hydroxyl groups is 1. The van der Waals surface area contributed by atoms with Crippen LogP contribution < -0.4 is 5.73 Å². The minimum absolute atomic E-state index is 0.222. The molecular formula is C25H33N3O. The van der Waals surface area contributed by atoms with Crippen LogP contribution in [0, 0.1) is 18.8 Å². The number of benzene rings is 1. The quantitative estimate of drug-likeness (QED) is 0.511. The molecule has 0 bridgehead atoms. The summed E-state index contributed by atoms with van der Waals surface area (Å²) in [7, 11) is 0. The van der Waals surface area contributed by atoms with Crippen LogP contribution >= 0.6 is 0 Å². The van der Waals surface area contributed by atoms with E-state index in [1.54, 1.807) is 18.3 Å². The van der Waals surface area contributed by atoms with Gasteiger partial charge in [0.2, 0.25) is 0 Å². The van der Waals surface area contributed by atoms with E-state index < -0.39 is 0 Å². The highest BCUT2D eigenvalue weighted by Gasteiger charge is 2.03. The van der Waals surface area contributed by atoms with Crippen LogP contribution in [-0.2, 0) is 6.42 Å². The van der Waals surface area contributed by atoms with E-state index in [4.69, 9.17) is 5.73 Å². The summed E-state index contributed by atoms with van der Waals surface area (Å²) in [6.07, 6.45) is 7.58. The predicted molar refractivity (Wildman–Crippen MR) is 125 cm³/mol. The molecule has 154 valence electrons. The van der Waals surface area contributed by atoms with Gasteiger partial charge in [-0.25, -0.2) is 4.98 Å². The molecule has 4 heteroatoms. The number of aliphatic imine (C=N–C) groups is 1. The summed E-state index contributed by atoms with van der Waals surface area (Å²) in [5.74, 6) is 6.47. The average molecular weight is 392 g/mol. The van der Waals surface area contributed by atoms with E-state index in [9.17, 15) is 5.11 Å². The molecule has 1 aromatic carbocycles. The number of nitrogens with two attached hydrogens (primary N) is 1. The molecule has 0 saturated carbocycles. The number of pyridine rings is 1. The molecule has 1 heterocycles. The van der Waals surface area contributed by atoms with Gasteiger partial charge in [0.1, 0.15) is 5.82 Å². The van der Waals surface area contributed by atoms with Crippen molar-refractivity contribution in [2.45, 2.75) is 60.0 Å². The second-order valence-corrected chi connectivity index (χ2v) is 6.55. The topological polar surface area (TPSA) is 71.5 Å². The van der Waals surface area contributed by atoms with Crippen LogP contribution in [0.15, 0.2) is 53.7 Å². The van der Waals surface area contributed by atoms with Crippen LogP contribution in [-0.4, -0.2) is 21.9 Å². The SMILES string of the molecule is CC.CCC(O)CCc1ccc(N=C(C)/C=C/C#Cc2ccc(N)nc2)c(C)c1. The largest absolute Gasteiger partial charge is 0.393 e. The number of hydrogen-bond donors (Lipinski definition) is 2. The number of aryl methyl sites for hydroxylation is 2. The van der Waals surface area contributed by atoms with Gasteiger partial charge < -0.3 is 10.8 Å². The van der Waals surface area contributed by atoms with Crippen LogP contribution in [0.4, 0.5) is 11.5 Å². The first-order chi connectivity index (χ1) is 14.0. The highest BCUT2D eigenvalue weighted by Crippen LogP contribution is 2.21. The number of anilines is 1. The molecule has 1 aromatic heterocycles. The van der Waals surface area contributed by atoms with Crippen molar-refractivity contribution in [3.63, 3.8) is 0 Å². The fourth-order valence-electron chi connectivity index (χ4n) is 2.53. The third-order valence-corrected chi connectivity index (χ3v) is 4.21. The lowest BCUT2D eigenvalue weighted by Crippen LogP contribution is -2.05. The summed E-state index contributed by atoms with van der Waals surface area (Å²) in [5, 5.41) is 9.70. The van der Waals surface area contributed by atoms with E-state index >= 15 is 0 Å². The Hall–Kier alpha value is -2.90. The average Bonchev–Trinajstić information content (AvgIpc) is 2.74. The molecule has 0 aliphatic heterocycles. The van der Waals surface area contributed by atoms with Crippen LogP contribution in [0.25, 0.3) is 0 Å². The summed E-state index contributed by atoms with van der Waals surface area (Å²) in [5.41, 5.74) is 10.6. The molecule has 0 saturated heterocycles. The van der Waals surface area contributed by atoms with Gasteiger partial charge in [-0.1, -0.05) is 44.7 Å². The summed E-state index contributed by atoms with van der Waals surface area (Å²) < 4.78 is 0. The van der Waals surface area contributed by atoms with E-state index in [-0.39, 0.29) is 6.10 Å². The first kappa shape index (κ1) is 24.1. The lowest BCUT2D eigenvalue weighted by atomic mass is 10.0. The highest BCUT2D eigenvalue weighted by molar-refractivity contribution is 5.95. The van der Waals surface area contributed by atoms with Gasteiger partial charge in [0.25, 0.3) is 0 Å². The Morgan fingerprint density at radius 2 is 2.03 bits per heavy atom. The van der Waals surface area contributed by atoms with Crippen molar-refractivity contribution in [3.8, 4) is 11.8 Å². The van der Waals surface area contributed by atoms with Crippen molar-refractivity contribution in [3.05, 3.63) is 65.4 Å². The molecule has 1 unspecified atom stereocenters. The molecule has 0 radical (unpaired) electrons. The number of nitrogen functional groups attached to an aromatic ring is 1. The van der Waals surface area contributed by atoms with Crippen molar-refractivity contribution >= 4 is 17.2 Å². The number of aromatic nitrogens is 1. The van der Waals surface area contributed by atoms with E-state index in [2.05, 4.69) is 40.9 Å². The molecule has 3 N–H and O–H groups in total. The third-order valence-electron chi connectivity index (χ3n) is 4.21. The van der Waals surface area contributed by atoms with Gasteiger partial charge in [0.05, 0.1) is 11.8 Å². The lowest BCUT2D eigenvalue weighted by molar-refractivity contribution is 0.160. The summed E-state index contributed by atoms with van der Waals surface area (Å²) >= 11 is 0. The van der Waals surface area contributed by atoms with E-state index in [0.717, 1.165) is 41.8 Å². The van der Waals surface area contributed by atoms with Crippen molar-refractivity contribution in [1.82, 2.24) is 4.98 Å². The summed E-state index contributed by atoms with van der Waals surface area (Å²) in [6.45, 7) is 10.0. The molecule has 1 atom stereocenters. The molecule has 2 aromatic rings. The zero-order valence-corrected chi connectivity index (χ0v) is 18.2. The molecular weight excluding hydrogens is 358 g/mol. The monoisotopic (exact) mass is 391 g/mol. The Kier molecular flexibility index (Phi) is 11.1. The number of hydrogen-bond acceptors (Lipinski definition) is 4. The van der Waals surface area contributed by atoms with E-state index in [1.165, 1.54) is 5.56 Å². The molecule has 0 fully saturated rings. The smallest absolute Gasteiger partial charge is 0.123 e. The molecule has 4 nitrogen and oxygen atoms in total. The maximum Gasteiger partial charge on any atom is 0.123 e. The number of nitrogens with zero attached hydrogens (tertiary/aromatic N) is 2. The minimum atomic E-state index is -0.222. The fourth-order valence-corrected chi connectivity index (χ4v) is 2.53. The lowest BCUT2D eigenvalue weighted by Gasteiger charge is -2.09. The van der Waals surface area contributed by atoms with Crippen LogP contribution in [0.3, 0.4) is 0 Å². The van der Waals surface area contributed by atoms with Gasteiger partial charge in [0, 0.05) is 17.5 Å². The van der Waals surface area contributed by atoms with Gasteiger partial charge >= 0.3 is 0 Å². The molecule has 0 aliphatic rings. The maximum absolute atomic E-state index is 9.70. The van der Waals surface area contributed by atoms with Gasteiger partial charge in [-0.15, -0.1) is 0 Å². The first-order valence-electron chi connectivity index (χ1n) is 10.2. The Labute approximate surface area is 175 Å². The number of rotatable bonds is 6. The van der Waals surface area contributed by atoms with E-state index in [1.807, 2.05) is 45.9 Å². The molecule has 0 aliphatic carbocycles. The second kappa shape index (κ2) is 13.3. The predicted octanol–water partition coefficient (Wildman–Crippen LogP) is 5.40. The number of allylic oxidation sites excluding steroid dienone is 2. The van der Waals surface area contributed by atoms with Crippen molar-refractivity contribution in [2.75, 3.05) is 5.73 Å². The molecule has 2 rings (SSSR count).